The zero-order chi connectivity index (χ0) is 22.5. The first kappa shape index (κ1) is 24.6. The Morgan fingerprint density at radius 2 is 1.87 bits per heavy atom. The van der Waals surface area contributed by atoms with Gasteiger partial charge in [0.25, 0.3) is 0 Å². The third kappa shape index (κ3) is 7.86. The second-order valence-corrected chi connectivity index (χ2v) is 10.7. The number of benzene rings is 1. The Kier molecular flexibility index (Phi) is 8.65. The molecule has 0 aliphatic rings. The lowest BCUT2D eigenvalue weighted by atomic mass is 10.0. The molecule has 0 saturated heterocycles. The Hall–Kier alpha value is -1.69. The fourth-order valence-electron chi connectivity index (χ4n) is 2.67. The van der Waals surface area contributed by atoms with Crippen LogP contribution in [0.4, 0.5) is 16.3 Å². The molecule has 3 N–H and O–H groups in total. The highest BCUT2D eigenvalue weighted by molar-refractivity contribution is 7.99. The summed E-state index contributed by atoms with van der Waals surface area (Å²) in [6.45, 7) is 5.65. The third-order valence-electron chi connectivity index (χ3n) is 3.88. The van der Waals surface area contributed by atoms with E-state index in [2.05, 4.69) is 25.0 Å². The van der Waals surface area contributed by atoms with Crippen LogP contribution < -0.4 is 10.0 Å². The van der Waals surface area contributed by atoms with Crippen molar-refractivity contribution in [2.45, 2.75) is 43.6 Å². The molecule has 166 valence electrons. The van der Waals surface area contributed by atoms with Crippen LogP contribution in [-0.4, -0.2) is 47.4 Å². The number of sulfonamides is 1. The van der Waals surface area contributed by atoms with E-state index >= 15 is 0 Å². The number of hydrogen-bond donors (Lipinski definition) is 3. The fourth-order valence-corrected chi connectivity index (χ4v) is 4.16. The molecule has 8 nitrogen and oxygen atoms in total. The first-order valence-electron chi connectivity index (χ1n) is 9.19. The molecule has 1 aromatic carbocycles. The summed E-state index contributed by atoms with van der Waals surface area (Å²) >= 11 is 6.95. The van der Waals surface area contributed by atoms with Crippen LogP contribution in [0.15, 0.2) is 23.4 Å². The molecular weight excluding hydrogens is 453 g/mol. The molecule has 0 radical (unpaired) electrons. The topological polar surface area (TPSA) is 117 Å². The van der Waals surface area contributed by atoms with Gasteiger partial charge in [-0.3, -0.25) is 4.72 Å². The number of hydrogen-bond acceptors (Lipinski definition) is 8. The average Bonchev–Trinajstić information content (AvgIpc) is 2.58. The van der Waals surface area contributed by atoms with Crippen molar-refractivity contribution in [1.29, 1.82) is 0 Å². The van der Waals surface area contributed by atoms with Gasteiger partial charge in [-0.25, -0.2) is 12.8 Å². The summed E-state index contributed by atoms with van der Waals surface area (Å²) in [5, 5.41) is 12.7. The molecule has 2 aromatic rings. The van der Waals surface area contributed by atoms with E-state index < -0.39 is 15.8 Å². The van der Waals surface area contributed by atoms with E-state index in [1.807, 2.05) is 13.8 Å². The van der Waals surface area contributed by atoms with Crippen LogP contribution >= 0.6 is 23.4 Å². The van der Waals surface area contributed by atoms with Gasteiger partial charge in [-0.2, -0.15) is 15.0 Å². The van der Waals surface area contributed by atoms with Gasteiger partial charge in [0, 0.05) is 15.8 Å². The second-order valence-electron chi connectivity index (χ2n) is 7.22. The highest BCUT2D eigenvalue weighted by atomic mass is 35.5. The van der Waals surface area contributed by atoms with Crippen molar-refractivity contribution in [3.8, 4) is 0 Å². The molecule has 12 heteroatoms. The van der Waals surface area contributed by atoms with Gasteiger partial charge < -0.3 is 10.4 Å². The lowest BCUT2D eigenvalue weighted by Crippen LogP contribution is -2.27. The molecule has 0 unspecified atom stereocenters. The summed E-state index contributed by atoms with van der Waals surface area (Å²) in [7, 11) is -3.62. The largest absolute Gasteiger partial charge is 0.394 e. The highest BCUT2D eigenvalue weighted by Crippen LogP contribution is 2.35. The van der Waals surface area contributed by atoms with Gasteiger partial charge in [-0.1, -0.05) is 43.3 Å². The molecule has 2 rings (SSSR count). The number of halogens is 2. The molecule has 0 aliphatic heterocycles. The molecule has 1 aromatic heterocycles. The van der Waals surface area contributed by atoms with Crippen LogP contribution in [0.1, 0.15) is 38.0 Å². The molecule has 0 spiro atoms. The van der Waals surface area contributed by atoms with Crippen molar-refractivity contribution in [2.24, 2.45) is 5.92 Å². The van der Waals surface area contributed by atoms with Gasteiger partial charge in [0.15, 0.2) is 5.16 Å². The van der Waals surface area contributed by atoms with Gasteiger partial charge in [0.1, 0.15) is 5.82 Å². The molecule has 0 amide bonds. The fraction of sp³-hybridized carbons (Fsp3) is 0.500. The Morgan fingerprint density at radius 3 is 2.43 bits per heavy atom. The van der Waals surface area contributed by atoms with Crippen molar-refractivity contribution in [3.05, 3.63) is 34.6 Å². The van der Waals surface area contributed by atoms with Crippen LogP contribution in [-0.2, 0) is 10.0 Å². The SMILES string of the molecule is CC(C)C[C@H](CO)Nc1nc(NS(C)(=O)=O)nc(S[C@@H](C)c2ccc(Cl)cc2F)n1. The lowest BCUT2D eigenvalue weighted by Gasteiger charge is -2.19. The average molecular weight is 478 g/mol. The zero-order valence-electron chi connectivity index (χ0n) is 17.1. The van der Waals surface area contributed by atoms with Crippen molar-refractivity contribution in [2.75, 3.05) is 22.9 Å². The Labute approximate surface area is 185 Å². The van der Waals surface area contributed by atoms with E-state index in [0.717, 1.165) is 18.0 Å². The lowest BCUT2D eigenvalue weighted by molar-refractivity contribution is 0.259. The number of rotatable bonds is 10. The predicted octanol–water partition coefficient (Wildman–Crippen LogP) is 3.71. The molecule has 0 saturated carbocycles. The van der Waals surface area contributed by atoms with E-state index in [0.29, 0.717) is 22.9 Å². The molecule has 0 fully saturated rings. The zero-order valence-corrected chi connectivity index (χ0v) is 19.4. The smallest absolute Gasteiger partial charge is 0.242 e. The summed E-state index contributed by atoms with van der Waals surface area (Å²) < 4.78 is 39.7. The van der Waals surface area contributed by atoms with Crippen molar-refractivity contribution >= 4 is 45.3 Å². The maximum absolute atomic E-state index is 14.2. The number of nitrogens with one attached hydrogen (secondary N) is 2. The second kappa shape index (κ2) is 10.6. The maximum atomic E-state index is 14.2. The summed E-state index contributed by atoms with van der Waals surface area (Å²) in [6, 6.07) is 4.08. The van der Waals surface area contributed by atoms with Gasteiger partial charge in [-0.05, 0) is 31.4 Å². The summed E-state index contributed by atoms with van der Waals surface area (Å²) in [6.07, 6.45) is 1.64. The number of aliphatic hydroxyl groups is 1. The van der Waals surface area contributed by atoms with E-state index in [9.17, 15) is 17.9 Å². The monoisotopic (exact) mass is 477 g/mol. The van der Waals surface area contributed by atoms with Crippen molar-refractivity contribution in [3.63, 3.8) is 0 Å². The first-order valence-corrected chi connectivity index (χ1v) is 12.3. The number of anilines is 2. The summed E-state index contributed by atoms with van der Waals surface area (Å²) in [5.74, 6) is -0.196. The highest BCUT2D eigenvalue weighted by Gasteiger charge is 2.19. The predicted molar refractivity (Wildman–Crippen MR) is 118 cm³/mol. The molecule has 0 bridgehead atoms. The molecule has 1 heterocycles. The van der Waals surface area contributed by atoms with E-state index in [1.54, 1.807) is 19.1 Å². The minimum absolute atomic E-state index is 0.113. The van der Waals surface area contributed by atoms with E-state index in [4.69, 9.17) is 11.6 Å². The van der Waals surface area contributed by atoms with Crippen LogP contribution in [0.25, 0.3) is 0 Å². The van der Waals surface area contributed by atoms with Gasteiger partial charge in [0.2, 0.25) is 21.9 Å². The summed E-state index contributed by atoms with van der Waals surface area (Å²) in [4.78, 5) is 12.5. The maximum Gasteiger partial charge on any atom is 0.242 e. The standard InChI is InChI=1S/C18H25ClFN5O3S2/c1-10(2)7-13(9-26)21-16-22-17(25-30(4,27)28)24-18(23-16)29-11(3)14-6-5-12(19)8-15(14)20/h5-6,8,10-11,13,26H,7,9H2,1-4H3,(H2,21,22,23,24,25)/t11-,13+/m0/s1. The molecular formula is C18H25ClFN5O3S2. The van der Waals surface area contributed by atoms with E-state index in [1.165, 1.54) is 6.07 Å². The van der Waals surface area contributed by atoms with E-state index in [-0.39, 0.29) is 35.0 Å². The van der Waals surface area contributed by atoms with Gasteiger partial charge in [0.05, 0.1) is 18.9 Å². The van der Waals surface area contributed by atoms with Gasteiger partial charge >= 0.3 is 0 Å². The Bertz CT molecular complexity index is 978. The number of aliphatic hydroxyl groups excluding tert-OH is 1. The normalized spacial score (nSPS) is 13.9. The summed E-state index contributed by atoms with van der Waals surface area (Å²) in [5.41, 5.74) is 0.407. The minimum Gasteiger partial charge on any atom is -0.394 e. The van der Waals surface area contributed by atoms with Crippen LogP contribution in [0, 0.1) is 11.7 Å². The van der Waals surface area contributed by atoms with Crippen molar-refractivity contribution in [1.82, 2.24) is 15.0 Å². The Balaban J connectivity index is 2.33. The number of nitrogens with zero attached hydrogens (tertiary/aromatic N) is 3. The molecule has 30 heavy (non-hydrogen) atoms. The number of aromatic nitrogens is 3. The van der Waals surface area contributed by atoms with Crippen LogP contribution in [0.3, 0.4) is 0 Å². The Morgan fingerprint density at radius 1 is 1.20 bits per heavy atom. The quantitative estimate of drug-likeness (QED) is 0.443. The van der Waals surface area contributed by atoms with Gasteiger partial charge in [-0.15, -0.1) is 0 Å². The number of thioether (sulfide) groups is 1. The molecule has 0 aliphatic carbocycles. The third-order valence-corrected chi connectivity index (χ3v) is 5.67. The molecule has 2 atom stereocenters. The minimum atomic E-state index is -3.62. The van der Waals surface area contributed by atoms with Crippen LogP contribution in [0.2, 0.25) is 5.02 Å². The first-order chi connectivity index (χ1) is 14.0. The van der Waals surface area contributed by atoms with Crippen molar-refractivity contribution < 1.29 is 17.9 Å². The van der Waals surface area contributed by atoms with Crippen LogP contribution in [0.5, 0.6) is 0 Å².